The minimum absolute atomic E-state index is 0.101. The predicted octanol–water partition coefficient (Wildman–Crippen LogP) is 2.96. The monoisotopic (exact) mass is 420 g/mol. The molecule has 0 spiro atoms. The van der Waals surface area contributed by atoms with Gasteiger partial charge in [-0.25, -0.2) is 0 Å². The van der Waals surface area contributed by atoms with Crippen molar-refractivity contribution in [1.29, 1.82) is 0 Å². The van der Waals surface area contributed by atoms with Gasteiger partial charge in [0.1, 0.15) is 5.82 Å². The SMILES string of the molecule is COc1cccc2cc(C(=O)N3CCC(c4nnc5ccc(N(C)C)nn45)CC3)oc12. The molecule has 1 aliphatic rings. The van der Waals surface area contributed by atoms with Crippen LogP contribution in [0.4, 0.5) is 5.82 Å². The molecule has 160 valence electrons. The number of carbonyl (C=O) groups excluding carboxylic acids is 1. The van der Waals surface area contributed by atoms with E-state index in [2.05, 4.69) is 15.3 Å². The first-order valence-electron chi connectivity index (χ1n) is 10.3. The number of hydrogen-bond donors (Lipinski definition) is 0. The quantitative estimate of drug-likeness (QED) is 0.501. The van der Waals surface area contributed by atoms with Crippen LogP contribution in [0.3, 0.4) is 0 Å². The minimum atomic E-state index is -0.101. The summed E-state index contributed by atoms with van der Waals surface area (Å²) in [5.41, 5.74) is 1.33. The molecule has 0 aliphatic carbocycles. The van der Waals surface area contributed by atoms with Gasteiger partial charge in [-0.15, -0.1) is 15.3 Å². The Kier molecular flexibility index (Phi) is 4.72. The standard InChI is InChI=1S/C22H24N6O3/c1-26(2)19-8-7-18-23-24-21(28(18)25-19)14-9-11-27(12-10-14)22(29)17-13-15-5-4-6-16(30-3)20(15)31-17/h4-8,13-14H,9-12H2,1-3H3. The van der Waals surface area contributed by atoms with Crippen molar-refractivity contribution < 1.29 is 13.9 Å². The van der Waals surface area contributed by atoms with Crippen LogP contribution < -0.4 is 9.64 Å². The molecule has 1 saturated heterocycles. The van der Waals surface area contributed by atoms with E-state index >= 15 is 0 Å². The number of fused-ring (bicyclic) bond motifs is 2. The number of hydrogen-bond acceptors (Lipinski definition) is 7. The summed E-state index contributed by atoms with van der Waals surface area (Å²) in [6.07, 6.45) is 1.59. The number of rotatable bonds is 4. The van der Waals surface area contributed by atoms with Crippen LogP contribution in [-0.4, -0.2) is 64.9 Å². The first-order chi connectivity index (χ1) is 15.0. The Morgan fingerprint density at radius 2 is 1.97 bits per heavy atom. The molecular formula is C22H24N6O3. The van der Waals surface area contributed by atoms with E-state index in [1.165, 1.54) is 0 Å². The molecule has 1 aromatic carbocycles. The molecule has 3 aromatic heterocycles. The lowest BCUT2D eigenvalue weighted by Gasteiger charge is -2.30. The maximum absolute atomic E-state index is 13.0. The topological polar surface area (TPSA) is 89.0 Å². The van der Waals surface area contributed by atoms with Crippen molar-refractivity contribution in [2.24, 2.45) is 0 Å². The maximum Gasteiger partial charge on any atom is 0.289 e. The molecule has 0 bridgehead atoms. The Hall–Kier alpha value is -3.62. The second kappa shape index (κ2) is 7.57. The van der Waals surface area contributed by atoms with Gasteiger partial charge in [0.25, 0.3) is 5.91 Å². The summed E-state index contributed by atoms with van der Waals surface area (Å²) in [6.45, 7) is 1.25. The number of para-hydroxylation sites is 1. The van der Waals surface area contributed by atoms with Crippen LogP contribution in [0.2, 0.25) is 0 Å². The number of carbonyl (C=O) groups is 1. The average molecular weight is 420 g/mol. The molecule has 1 fully saturated rings. The summed E-state index contributed by atoms with van der Waals surface area (Å²) in [4.78, 5) is 16.8. The van der Waals surface area contributed by atoms with E-state index in [1.807, 2.05) is 58.7 Å². The number of ether oxygens (including phenoxy) is 1. The summed E-state index contributed by atoms with van der Waals surface area (Å²) >= 11 is 0. The van der Waals surface area contributed by atoms with Gasteiger partial charge >= 0.3 is 0 Å². The van der Waals surface area contributed by atoms with E-state index < -0.39 is 0 Å². The third kappa shape index (κ3) is 3.35. The lowest BCUT2D eigenvalue weighted by molar-refractivity contribution is 0.0680. The Morgan fingerprint density at radius 3 is 2.71 bits per heavy atom. The molecule has 5 rings (SSSR count). The highest BCUT2D eigenvalue weighted by molar-refractivity contribution is 5.97. The highest BCUT2D eigenvalue weighted by Crippen LogP contribution is 2.31. The van der Waals surface area contributed by atoms with Crippen molar-refractivity contribution >= 4 is 28.3 Å². The number of amides is 1. The lowest BCUT2D eigenvalue weighted by Crippen LogP contribution is -2.38. The average Bonchev–Trinajstić information content (AvgIpc) is 3.42. The highest BCUT2D eigenvalue weighted by atomic mass is 16.5. The Labute approximate surface area is 179 Å². The van der Waals surface area contributed by atoms with Crippen molar-refractivity contribution in [1.82, 2.24) is 24.7 Å². The zero-order chi connectivity index (χ0) is 21.5. The normalized spacial score (nSPS) is 15.0. The molecular weight excluding hydrogens is 396 g/mol. The summed E-state index contributed by atoms with van der Waals surface area (Å²) in [6, 6.07) is 11.3. The second-order valence-electron chi connectivity index (χ2n) is 7.97. The summed E-state index contributed by atoms with van der Waals surface area (Å²) in [5, 5.41) is 14.2. The smallest absolute Gasteiger partial charge is 0.289 e. The second-order valence-corrected chi connectivity index (χ2v) is 7.97. The molecule has 4 heterocycles. The van der Waals surface area contributed by atoms with E-state index in [0.29, 0.717) is 30.2 Å². The van der Waals surface area contributed by atoms with Crippen LogP contribution in [0.5, 0.6) is 5.75 Å². The highest BCUT2D eigenvalue weighted by Gasteiger charge is 2.29. The summed E-state index contributed by atoms with van der Waals surface area (Å²) in [5.74, 6) is 2.75. The molecule has 1 aliphatic heterocycles. The van der Waals surface area contributed by atoms with Crippen LogP contribution in [0, 0.1) is 0 Å². The third-order valence-electron chi connectivity index (χ3n) is 5.82. The van der Waals surface area contributed by atoms with Gasteiger partial charge in [-0.3, -0.25) is 4.79 Å². The minimum Gasteiger partial charge on any atom is -0.493 e. The van der Waals surface area contributed by atoms with Crippen molar-refractivity contribution in [3.63, 3.8) is 0 Å². The lowest BCUT2D eigenvalue weighted by atomic mass is 9.96. The van der Waals surface area contributed by atoms with Gasteiger partial charge in [0.2, 0.25) is 0 Å². The zero-order valence-corrected chi connectivity index (χ0v) is 17.8. The number of furan rings is 1. The van der Waals surface area contributed by atoms with Gasteiger partial charge in [-0.05, 0) is 37.1 Å². The number of aromatic nitrogens is 4. The first kappa shape index (κ1) is 19.3. The predicted molar refractivity (Wildman–Crippen MR) is 116 cm³/mol. The van der Waals surface area contributed by atoms with Gasteiger partial charge in [0.05, 0.1) is 7.11 Å². The Morgan fingerprint density at radius 1 is 1.16 bits per heavy atom. The van der Waals surface area contributed by atoms with Gasteiger partial charge in [-0.2, -0.15) is 4.52 Å². The summed E-state index contributed by atoms with van der Waals surface area (Å²) in [7, 11) is 5.50. The summed E-state index contributed by atoms with van der Waals surface area (Å²) < 4.78 is 13.0. The first-order valence-corrected chi connectivity index (χ1v) is 10.3. The molecule has 4 aromatic rings. The Balaban J connectivity index is 1.33. The molecule has 0 saturated carbocycles. The fourth-order valence-corrected chi connectivity index (χ4v) is 4.09. The number of nitrogens with zero attached hydrogens (tertiary/aromatic N) is 6. The van der Waals surface area contributed by atoms with Gasteiger partial charge in [0, 0.05) is 38.5 Å². The van der Waals surface area contributed by atoms with Crippen molar-refractivity contribution in [3.05, 3.63) is 48.0 Å². The molecule has 0 unspecified atom stereocenters. The van der Waals surface area contributed by atoms with Crippen LogP contribution in [0.1, 0.15) is 35.1 Å². The number of piperidine rings is 1. The number of methoxy groups -OCH3 is 1. The fourth-order valence-electron chi connectivity index (χ4n) is 4.09. The van der Waals surface area contributed by atoms with Crippen LogP contribution in [0.15, 0.2) is 40.8 Å². The van der Waals surface area contributed by atoms with E-state index in [-0.39, 0.29) is 11.8 Å². The van der Waals surface area contributed by atoms with Gasteiger partial charge in [0.15, 0.2) is 28.6 Å². The molecule has 31 heavy (non-hydrogen) atoms. The van der Waals surface area contributed by atoms with Gasteiger partial charge < -0.3 is 19.0 Å². The molecule has 0 N–H and O–H groups in total. The van der Waals surface area contributed by atoms with E-state index in [0.717, 1.165) is 35.5 Å². The largest absolute Gasteiger partial charge is 0.493 e. The van der Waals surface area contributed by atoms with Crippen LogP contribution in [-0.2, 0) is 0 Å². The van der Waals surface area contributed by atoms with Crippen molar-refractivity contribution in [3.8, 4) is 5.75 Å². The molecule has 9 nitrogen and oxygen atoms in total. The van der Waals surface area contributed by atoms with Crippen molar-refractivity contribution in [2.45, 2.75) is 18.8 Å². The fraction of sp³-hybridized carbons (Fsp3) is 0.364. The Bertz CT molecular complexity index is 1250. The maximum atomic E-state index is 13.0. The molecule has 9 heteroatoms. The van der Waals surface area contributed by atoms with E-state index in [4.69, 9.17) is 9.15 Å². The molecule has 0 atom stereocenters. The van der Waals surface area contributed by atoms with E-state index in [1.54, 1.807) is 13.2 Å². The van der Waals surface area contributed by atoms with E-state index in [9.17, 15) is 4.79 Å². The van der Waals surface area contributed by atoms with Crippen molar-refractivity contribution in [2.75, 3.05) is 39.2 Å². The zero-order valence-electron chi connectivity index (χ0n) is 17.8. The molecule has 0 radical (unpaired) electrons. The van der Waals surface area contributed by atoms with Crippen LogP contribution >= 0.6 is 0 Å². The third-order valence-corrected chi connectivity index (χ3v) is 5.82. The van der Waals surface area contributed by atoms with Gasteiger partial charge in [-0.1, -0.05) is 12.1 Å². The molecule has 1 amide bonds. The van der Waals surface area contributed by atoms with Crippen LogP contribution in [0.25, 0.3) is 16.6 Å². The number of benzene rings is 1. The number of likely N-dealkylation sites (tertiary alicyclic amines) is 1. The number of anilines is 1.